The second-order valence-electron chi connectivity index (χ2n) is 3.97. The molecule has 0 atom stereocenters. The number of benzene rings is 2. The van der Waals surface area contributed by atoms with Gasteiger partial charge in [-0.25, -0.2) is 9.18 Å². The maximum Gasteiger partial charge on any atom is 0.335 e. The molecule has 0 unspecified atom stereocenters. The maximum atomic E-state index is 13.3. The monoisotopic (exact) mass is 314 g/mol. The highest BCUT2D eigenvalue weighted by molar-refractivity contribution is 6.35. The molecule has 0 aliphatic heterocycles. The number of halogens is 3. The molecule has 0 spiro atoms. The van der Waals surface area contributed by atoms with Crippen molar-refractivity contribution in [1.82, 2.24) is 0 Å². The van der Waals surface area contributed by atoms with Crippen molar-refractivity contribution in [2.45, 2.75) is 6.61 Å². The maximum absolute atomic E-state index is 13.3. The lowest BCUT2D eigenvalue weighted by molar-refractivity contribution is 0.0695. The smallest absolute Gasteiger partial charge is 0.335 e. The zero-order chi connectivity index (χ0) is 14.7. The first-order valence-electron chi connectivity index (χ1n) is 5.57. The van der Waals surface area contributed by atoms with Crippen LogP contribution in [0.3, 0.4) is 0 Å². The minimum absolute atomic E-state index is 0.0149. The van der Waals surface area contributed by atoms with E-state index in [1.54, 1.807) is 18.2 Å². The molecular weight excluding hydrogens is 306 g/mol. The van der Waals surface area contributed by atoms with E-state index >= 15 is 0 Å². The average molecular weight is 315 g/mol. The highest BCUT2D eigenvalue weighted by Gasteiger charge is 2.10. The number of ether oxygens (including phenoxy) is 1. The number of aromatic carboxylic acids is 1. The van der Waals surface area contributed by atoms with E-state index in [2.05, 4.69) is 0 Å². The summed E-state index contributed by atoms with van der Waals surface area (Å²) in [7, 11) is 0. The Morgan fingerprint density at radius 2 is 1.85 bits per heavy atom. The van der Waals surface area contributed by atoms with Gasteiger partial charge in [-0.3, -0.25) is 0 Å². The summed E-state index contributed by atoms with van der Waals surface area (Å²) in [5, 5.41) is 9.69. The van der Waals surface area contributed by atoms with E-state index in [0.717, 1.165) is 12.1 Å². The van der Waals surface area contributed by atoms with Crippen LogP contribution >= 0.6 is 23.2 Å². The van der Waals surface area contributed by atoms with Crippen molar-refractivity contribution >= 4 is 29.2 Å². The Morgan fingerprint density at radius 1 is 1.20 bits per heavy atom. The van der Waals surface area contributed by atoms with E-state index in [-0.39, 0.29) is 17.9 Å². The van der Waals surface area contributed by atoms with E-state index in [9.17, 15) is 9.18 Å². The molecule has 2 rings (SSSR count). The summed E-state index contributed by atoms with van der Waals surface area (Å²) in [6.07, 6.45) is 0. The fourth-order valence-electron chi connectivity index (χ4n) is 1.60. The third-order valence-electron chi connectivity index (χ3n) is 2.56. The van der Waals surface area contributed by atoms with Gasteiger partial charge in [-0.05, 0) is 24.3 Å². The molecular formula is C14H9Cl2FO3. The van der Waals surface area contributed by atoms with Gasteiger partial charge in [0.2, 0.25) is 0 Å². The van der Waals surface area contributed by atoms with Crippen LogP contribution in [-0.4, -0.2) is 11.1 Å². The van der Waals surface area contributed by atoms with Crippen molar-refractivity contribution in [3.05, 3.63) is 63.4 Å². The van der Waals surface area contributed by atoms with Crippen LogP contribution < -0.4 is 4.74 Å². The molecule has 0 aromatic heterocycles. The molecule has 104 valence electrons. The van der Waals surface area contributed by atoms with Crippen molar-refractivity contribution in [3.63, 3.8) is 0 Å². The van der Waals surface area contributed by atoms with Crippen molar-refractivity contribution < 1.29 is 19.0 Å². The number of hydrogen-bond acceptors (Lipinski definition) is 2. The topological polar surface area (TPSA) is 46.5 Å². The summed E-state index contributed by atoms with van der Waals surface area (Å²) < 4.78 is 18.6. The molecule has 20 heavy (non-hydrogen) atoms. The van der Waals surface area contributed by atoms with E-state index < -0.39 is 11.8 Å². The van der Waals surface area contributed by atoms with Gasteiger partial charge in [0, 0.05) is 21.7 Å². The number of hydrogen-bond donors (Lipinski definition) is 1. The zero-order valence-electron chi connectivity index (χ0n) is 10.1. The van der Waals surface area contributed by atoms with Crippen LogP contribution in [-0.2, 0) is 6.61 Å². The summed E-state index contributed by atoms with van der Waals surface area (Å²) in [4.78, 5) is 10.8. The first-order chi connectivity index (χ1) is 9.47. The Bertz CT molecular complexity index is 639. The number of carboxylic acids is 1. The molecule has 1 N–H and O–H groups in total. The van der Waals surface area contributed by atoms with Crippen molar-refractivity contribution in [2.24, 2.45) is 0 Å². The third-order valence-corrected chi connectivity index (χ3v) is 3.27. The lowest BCUT2D eigenvalue weighted by Crippen LogP contribution is -2.01. The first kappa shape index (κ1) is 14.6. The second kappa shape index (κ2) is 6.11. The summed E-state index contributed by atoms with van der Waals surface area (Å²) in [5.74, 6) is -1.83. The number of rotatable bonds is 4. The molecule has 2 aromatic carbocycles. The van der Waals surface area contributed by atoms with E-state index in [1.807, 2.05) is 0 Å². The third kappa shape index (κ3) is 3.40. The average Bonchev–Trinajstić information content (AvgIpc) is 2.37. The highest BCUT2D eigenvalue weighted by Crippen LogP contribution is 2.26. The van der Waals surface area contributed by atoms with Crippen LogP contribution in [0.15, 0.2) is 36.4 Å². The Kier molecular flexibility index (Phi) is 4.47. The van der Waals surface area contributed by atoms with Crippen LogP contribution in [0.25, 0.3) is 0 Å². The Labute approximate surface area is 124 Å². The molecule has 0 aliphatic rings. The van der Waals surface area contributed by atoms with Crippen LogP contribution in [0.2, 0.25) is 10.0 Å². The van der Waals surface area contributed by atoms with Crippen molar-refractivity contribution in [3.8, 4) is 5.75 Å². The normalized spacial score (nSPS) is 10.3. The van der Waals surface area contributed by atoms with Gasteiger partial charge in [-0.2, -0.15) is 0 Å². The lowest BCUT2D eigenvalue weighted by Gasteiger charge is -2.10. The zero-order valence-corrected chi connectivity index (χ0v) is 11.6. The Morgan fingerprint density at radius 3 is 2.45 bits per heavy atom. The first-order valence-corrected chi connectivity index (χ1v) is 6.32. The summed E-state index contributed by atoms with van der Waals surface area (Å²) in [6, 6.07) is 8.24. The number of carbonyl (C=O) groups is 1. The molecule has 2 aromatic rings. The van der Waals surface area contributed by atoms with Gasteiger partial charge in [0.05, 0.1) is 5.56 Å². The molecule has 0 fully saturated rings. The quantitative estimate of drug-likeness (QED) is 0.909. The summed E-state index contributed by atoms with van der Waals surface area (Å²) in [5.41, 5.74) is 0.363. The number of carboxylic acid groups (broad SMARTS) is 1. The molecule has 0 radical (unpaired) electrons. The van der Waals surface area contributed by atoms with Gasteiger partial charge >= 0.3 is 5.97 Å². The minimum atomic E-state index is -1.23. The molecule has 0 amide bonds. The lowest BCUT2D eigenvalue weighted by atomic mass is 10.2. The Hall–Kier alpha value is -1.78. The second-order valence-corrected chi connectivity index (χ2v) is 4.78. The van der Waals surface area contributed by atoms with Crippen LogP contribution in [0.5, 0.6) is 5.75 Å². The van der Waals surface area contributed by atoms with Gasteiger partial charge in [0.15, 0.2) is 0 Å². The van der Waals surface area contributed by atoms with Gasteiger partial charge in [-0.1, -0.05) is 29.3 Å². The van der Waals surface area contributed by atoms with Gasteiger partial charge in [0.1, 0.15) is 18.2 Å². The van der Waals surface area contributed by atoms with E-state index in [4.69, 9.17) is 33.0 Å². The molecule has 3 nitrogen and oxygen atoms in total. The molecule has 0 bridgehead atoms. The molecule has 0 aliphatic carbocycles. The van der Waals surface area contributed by atoms with Gasteiger partial charge in [0.25, 0.3) is 0 Å². The SMILES string of the molecule is O=C(O)c1cc(F)cc(OCc2c(Cl)cccc2Cl)c1. The minimum Gasteiger partial charge on any atom is -0.489 e. The van der Waals surface area contributed by atoms with Crippen molar-refractivity contribution in [1.29, 1.82) is 0 Å². The molecule has 0 saturated heterocycles. The predicted molar refractivity (Wildman–Crippen MR) is 74.2 cm³/mol. The van der Waals surface area contributed by atoms with Crippen LogP contribution in [0, 0.1) is 5.82 Å². The van der Waals surface area contributed by atoms with Gasteiger partial charge < -0.3 is 9.84 Å². The Balaban J connectivity index is 2.21. The fourth-order valence-corrected chi connectivity index (χ4v) is 2.10. The van der Waals surface area contributed by atoms with Crippen molar-refractivity contribution in [2.75, 3.05) is 0 Å². The summed E-state index contributed by atoms with van der Waals surface area (Å²) in [6.45, 7) is 0.0149. The van der Waals surface area contributed by atoms with E-state index in [1.165, 1.54) is 6.07 Å². The van der Waals surface area contributed by atoms with Crippen LogP contribution in [0.1, 0.15) is 15.9 Å². The largest absolute Gasteiger partial charge is 0.489 e. The molecule has 6 heteroatoms. The molecule has 0 saturated carbocycles. The molecule has 0 heterocycles. The van der Waals surface area contributed by atoms with Gasteiger partial charge in [-0.15, -0.1) is 0 Å². The van der Waals surface area contributed by atoms with Crippen LogP contribution in [0.4, 0.5) is 4.39 Å². The predicted octanol–water partition coefficient (Wildman–Crippen LogP) is 4.41. The highest BCUT2D eigenvalue weighted by atomic mass is 35.5. The summed E-state index contributed by atoms with van der Waals surface area (Å²) >= 11 is 12.0. The fraction of sp³-hybridized carbons (Fsp3) is 0.0714. The standard InChI is InChI=1S/C14H9Cl2FO3/c15-12-2-1-3-13(16)11(12)7-20-10-5-8(14(18)19)4-9(17)6-10/h1-6H,7H2,(H,18,19). The van der Waals surface area contributed by atoms with E-state index in [0.29, 0.717) is 15.6 Å².